The lowest BCUT2D eigenvalue weighted by Crippen LogP contribution is -2.57. The summed E-state index contributed by atoms with van der Waals surface area (Å²) in [5.74, 6) is -0.661. The van der Waals surface area contributed by atoms with Crippen LogP contribution in [-0.4, -0.2) is 88.7 Å². The van der Waals surface area contributed by atoms with Gasteiger partial charge < -0.3 is 25.3 Å². The quantitative estimate of drug-likeness (QED) is 0.339. The highest BCUT2D eigenvalue weighted by molar-refractivity contribution is 8.01. The Labute approximate surface area is 244 Å². The lowest BCUT2D eigenvalue weighted by molar-refractivity contribution is -0.131. The van der Waals surface area contributed by atoms with Crippen molar-refractivity contribution in [3.05, 3.63) is 71.4 Å². The Bertz CT molecular complexity index is 1450. The second kappa shape index (κ2) is 11.5. The minimum Gasteiger partial charge on any atom is -0.379 e. The maximum absolute atomic E-state index is 14.0. The highest BCUT2D eigenvalue weighted by Crippen LogP contribution is 2.56. The molecule has 9 nitrogen and oxygen atoms in total. The third-order valence-electron chi connectivity index (χ3n) is 8.33. The minimum atomic E-state index is -0.787. The number of nitrogens with one attached hydrogen (secondary N) is 3. The van der Waals surface area contributed by atoms with Crippen LogP contribution in [-0.2, 0) is 20.7 Å². The van der Waals surface area contributed by atoms with Crippen molar-refractivity contribution in [1.82, 2.24) is 25.4 Å². The number of H-pyrrole nitrogens is 1. The monoisotopic (exact) mass is 575 g/mol. The van der Waals surface area contributed by atoms with E-state index in [0.29, 0.717) is 18.5 Å². The fourth-order valence-corrected chi connectivity index (χ4v) is 7.84. The number of amides is 3. The van der Waals surface area contributed by atoms with Crippen LogP contribution >= 0.6 is 11.8 Å². The third-order valence-corrected chi connectivity index (χ3v) is 9.87. The molecule has 3 atom stereocenters. The van der Waals surface area contributed by atoms with Crippen LogP contribution in [0.1, 0.15) is 47.1 Å². The SMILES string of the molecule is CC1(C)SC2c3ccccc3C(=O)N2C1C(=O)NC(Cc1c[nH]c2ccccc12)C(=O)NCCCN1CCOCC1. The van der Waals surface area contributed by atoms with E-state index in [4.69, 9.17) is 4.74 Å². The first kappa shape index (κ1) is 27.8. The van der Waals surface area contributed by atoms with E-state index in [-0.39, 0.29) is 23.1 Å². The number of nitrogens with zero attached hydrogens (tertiary/aromatic N) is 2. The second-order valence-corrected chi connectivity index (χ2v) is 13.2. The Morgan fingerprint density at radius 1 is 1.12 bits per heavy atom. The molecule has 0 bridgehead atoms. The van der Waals surface area contributed by atoms with E-state index >= 15 is 0 Å². The van der Waals surface area contributed by atoms with E-state index in [2.05, 4.69) is 20.5 Å². The Morgan fingerprint density at radius 2 is 1.88 bits per heavy atom. The molecule has 0 aliphatic carbocycles. The Balaban J connectivity index is 1.19. The van der Waals surface area contributed by atoms with E-state index < -0.39 is 16.8 Å². The van der Waals surface area contributed by atoms with Crippen LogP contribution in [0.15, 0.2) is 54.7 Å². The number of fused-ring (bicyclic) bond motifs is 4. The van der Waals surface area contributed by atoms with Gasteiger partial charge >= 0.3 is 0 Å². The molecule has 0 spiro atoms. The summed E-state index contributed by atoms with van der Waals surface area (Å²) in [6.07, 6.45) is 3.05. The predicted molar refractivity (Wildman–Crippen MR) is 160 cm³/mol. The molecule has 2 aromatic carbocycles. The van der Waals surface area contributed by atoms with Crippen molar-refractivity contribution < 1.29 is 19.1 Å². The molecule has 1 aromatic heterocycles. The molecule has 4 heterocycles. The van der Waals surface area contributed by atoms with Gasteiger partial charge in [-0.05, 0) is 50.1 Å². The number of morpholine rings is 1. The maximum Gasteiger partial charge on any atom is 0.256 e. The van der Waals surface area contributed by atoms with Gasteiger partial charge in [-0.3, -0.25) is 19.3 Å². The second-order valence-electron chi connectivity index (χ2n) is 11.5. The third kappa shape index (κ3) is 5.48. The summed E-state index contributed by atoms with van der Waals surface area (Å²) >= 11 is 1.62. The van der Waals surface area contributed by atoms with Crippen LogP contribution in [0.5, 0.6) is 0 Å². The number of aromatic amines is 1. The van der Waals surface area contributed by atoms with Gasteiger partial charge in [0.25, 0.3) is 5.91 Å². The summed E-state index contributed by atoms with van der Waals surface area (Å²) < 4.78 is 4.89. The molecule has 0 saturated carbocycles. The zero-order valence-corrected chi connectivity index (χ0v) is 24.3. The molecule has 41 heavy (non-hydrogen) atoms. The van der Waals surface area contributed by atoms with Crippen LogP contribution in [0, 0.1) is 0 Å². The van der Waals surface area contributed by atoms with Crippen molar-refractivity contribution >= 4 is 40.4 Å². The molecule has 2 fully saturated rings. The molecule has 0 radical (unpaired) electrons. The molecule has 3 N–H and O–H groups in total. The summed E-state index contributed by atoms with van der Waals surface area (Å²) in [7, 11) is 0. The van der Waals surface area contributed by atoms with E-state index in [0.717, 1.165) is 61.3 Å². The summed E-state index contributed by atoms with van der Waals surface area (Å²) in [6.45, 7) is 8.69. The number of hydrogen-bond donors (Lipinski definition) is 3. The summed E-state index contributed by atoms with van der Waals surface area (Å²) in [6, 6.07) is 14.0. The fourth-order valence-electron chi connectivity index (χ4n) is 6.25. The van der Waals surface area contributed by atoms with Gasteiger partial charge in [0.15, 0.2) is 0 Å². The summed E-state index contributed by atoms with van der Waals surface area (Å²) in [4.78, 5) is 48.4. The highest BCUT2D eigenvalue weighted by atomic mass is 32.2. The van der Waals surface area contributed by atoms with Gasteiger partial charge in [0, 0.05) is 53.5 Å². The number of hydrogen-bond acceptors (Lipinski definition) is 6. The fraction of sp³-hybridized carbons (Fsp3) is 0.452. The predicted octanol–water partition coefficient (Wildman–Crippen LogP) is 3.08. The van der Waals surface area contributed by atoms with Gasteiger partial charge in [-0.1, -0.05) is 36.4 Å². The lowest BCUT2D eigenvalue weighted by Gasteiger charge is -2.31. The number of carbonyl (C=O) groups is 3. The smallest absolute Gasteiger partial charge is 0.256 e. The molecule has 10 heteroatoms. The van der Waals surface area contributed by atoms with Gasteiger partial charge in [-0.15, -0.1) is 11.8 Å². The highest BCUT2D eigenvalue weighted by Gasteiger charge is 2.57. The topological polar surface area (TPSA) is 107 Å². The number of para-hydroxylation sites is 1. The summed E-state index contributed by atoms with van der Waals surface area (Å²) in [5.41, 5.74) is 3.53. The van der Waals surface area contributed by atoms with Gasteiger partial charge in [-0.25, -0.2) is 0 Å². The van der Waals surface area contributed by atoms with E-state index in [1.165, 1.54) is 0 Å². The summed E-state index contributed by atoms with van der Waals surface area (Å²) in [5, 5.41) is 6.93. The molecule has 2 saturated heterocycles. The number of benzene rings is 2. The zero-order valence-electron chi connectivity index (χ0n) is 23.5. The van der Waals surface area contributed by atoms with Crippen molar-refractivity contribution in [3.63, 3.8) is 0 Å². The number of rotatable bonds is 9. The number of ether oxygens (including phenoxy) is 1. The minimum absolute atomic E-state index is 0.135. The van der Waals surface area contributed by atoms with E-state index in [1.807, 2.05) is 68.6 Å². The average molecular weight is 576 g/mol. The standard InChI is InChI=1S/C31H37N5O4S/c1-31(2)26(36-29(39)22-9-3-4-10-23(22)30(36)41-31)28(38)34-25(18-20-19-33-24-11-6-5-8-21(20)24)27(37)32-12-7-13-35-14-16-40-17-15-35/h3-6,8-11,19,25-26,30,33H,7,12-18H2,1-2H3,(H,32,37)(H,34,38). The zero-order chi connectivity index (χ0) is 28.6. The van der Waals surface area contributed by atoms with Crippen LogP contribution in [0.25, 0.3) is 10.9 Å². The Kier molecular flexibility index (Phi) is 7.80. The van der Waals surface area contributed by atoms with Crippen molar-refractivity contribution in [2.45, 2.75) is 48.9 Å². The molecule has 3 unspecified atom stereocenters. The first-order valence-electron chi connectivity index (χ1n) is 14.4. The van der Waals surface area contributed by atoms with Crippen molar-refractivity contribution in [3.8, 4) is 0 Å². The average Bonchev–Trinajstić information content (AvgIpc) is 3.60. The van der Waals surface area contributed by atoms with Crippen molar-refractivity contribution in [2.24, 2.45) is 0 Å². The van der Waals surface area contributed by atoms with Crippen LogP contribution in [0.3, 0.4) is 0 Å². The van der Waals surface area contributed by atoms with E-state index in [9.17, 15) is 14.4 Å². The number of carbonyl (C=O) groups excluding carboxylic acids is 3. The van der Waals surface area contributed by atoms with Crippen molar-refractivity contribution in [2.75, 3.05) is 39.4 Å². The van der Waals surface area contributed by atoms with Crippen LogP contribution in [0.4, 0.5) is 0 Å². The molecule has 3 amide bonds. The van der Waals surface area contributed by atoms with Gasteiger partial charge in [0.1, 0.15) is 17.5 Å². The maximum atomic E-state index is 14.0. The Hall–Kier alpha value is -3.34. The Morgan fingerprint density at radius 3 is 2.71 bits per heavy atom. The van der Waals surface area contributed by atoms with Gasteiger partial charge in [0.2, 0.25) is 11.8 Å². The largest absolute Gasteiger partial charge is 0.379 e. The molecule has 3 aromatic rings. The van der Waals surface area contributed by atoms with E-state index in [1.54, 1.807) is 16.7 Å². The van der Waals surface area contributed by atoms with Gasteiger partial charge in [0.05, 0.1) is 13.2 Å². The van der Waals surface area contributed by atoms with Crippen molar-refractivity contribution in [1.29, 1.82) is 0 Å². The number of thioether (sulfide) groups is 1. The molecule has 3 aliphatic rings. The van der Waals surface area contributed by atoms with Crippen LogP contribution < -0.4 is 10.6 Å². The lowest BCUT2D eigenvalue weighted by atomic mass is 9.99. The number of aromatic nitrogens is 1. The molecule has 216 valence electrons. The molecule has 3 aliphatic heterocycles. The molecular weight excluding hydrogens is 538 g/mol. The first-order valence-corrected chi connectivity index (χ1v) is 15.2. The first-order chi connectivity index (χ1) is 19.8. The molecular formula is C31H37N5O4S. The van der Waals surface area contributed by atoms with Crippen LogP contribution in [0.2, 0.25) is 0 Å². The van der Waals surface area contributed by atoms with Gasteiger partial charge in [-0.2, -0.15) is 0 Å². The molecule has 6 rings (SSSR count). The normalized spacial score (nSPS) is 22.4.